The van der Waals surface area contributed by atoms with Crippen molar-refractivity contribution in [1.29, 1.82) is 0 Å². The number of likely N-dealkylation sites (tertiary alicyclic amines) is 1. The minimum Gasteiger partial charge on any atom is -0.497 e. The Bertz CT molecular complexity index is 532. The van der Waals surface area contributed by atoms with Gasteiger partial charge in [0, 0.05) is 11.0 Å². The molecule has 1 fully saturated rings. The minimum atomic E-state index is -0.947. The molecule has 1 aliphatic heterocycles. The molecule has 1 unspecified atom stereocenters. The lowest BCUT2D eigenvalue weighted by Gasteiger charge is -2.33. The highest BCUT2D eigenvalue weighted by Gasteiger charge is 2.33. The predicted octanol–water partition coefficient (Wildman–Crippen LogP) is 2.54. The van der Waals surface area contributed by atoms with Crippen molar-refractivity contribution < 1.29 is 19.4 Å². The van der Waals surface area contributed by atoms with Crippen molar-refractivity contribution in [1.82, 2.24) is 4.90 Å². The Hall–Kier alpha value is -1.56. The molecule has 2 rings (SSSR count). The first-order valence-electron chi connectivity index (χ1n) is 6.42. The Kier molecular flexibility index (Phi) is 4.65. The number of carboxylic acids is 1. The maximum absolute atomic E-state index is 12.6. The summed E-state index contributed by atoms with van der Waals surface area (Å²) in [6.45, 7) is 0.472. The van der Waals surface area contributed by atoms with E-state index < -0.39 is 12.0 Å². The smallest absolute Gasteiger partial charge is 0.326 e. The maximum atomic E-state index is 12.6. The van der Waals surface area contributed by atoms with Gasteiger partial charge in [0.25, 0.3) is 5.91 Å². The third-order valence-electron chi connectivity index (χ3n) is 3.45. The molecule has 6 heteroatoms. The highest BCUT2D eigenvalue weighted by molar-refractivity contribution is 9.10. The summed E-state index contributed by atoms with van der Waals surface area (Å²) in [5, 5.41) is 9.24. The molecule has 0 saturated carbocycles. The van der Waals surface area contributed by atoms with Crippen molar-refractivity contribution in [2.75, 3.05) is 13.7 Å². The fourth-order valence-electron chi connectivity index (χ4n) is 2.38. The average molecular weight is 342 g/mol. The molecule has 1 aromatic carbocycles. The highest BCUT2D eigenvalue weighted by atomic mass is 79.9. The van der Waals surface area contributed by atoms with E-state index in [9.17, 15) is 14.7 Å². The molecule has 1 heterocycles. The average Bonchev–Trinajstić information content (AvgIpc) is 2.47. The van der Waals surface area contributed by atoms with E-state index in [1.165, 1.54) is 12.0 Å². The van der Waals surface area contributed by atoms with Gasteiger partial charge in [0.2, 0.25) is 0 Å². The van der Waals surface area contributed by atoms with E-state index in [1.807, 2.05) is 0 Å². The highest BCUT2D eigenvalue weighted by Crippen LogP contribution is 2.27. The van der Waals surface area contributed by atoms with E-state index in [1.54, 1.807) is 18.2 Å². The van der Waals surface area contributed by atoms with Crippen LogP contribution in [0, 0.1) is 0 Å². The van der Waals surface area contributed by atoms with Crippen molar-refractivity contribution in [2.45, 2.75) is 25.3 Å². The van der Waals surface area contributed by atoms with Crippen LogP contribution in [0.4, 0.5) is 0 Å². The molecule has 1 aromatic rings. The van der Waals surface area contributed by atoms with Crippen molar-refractivity contribution in [3.63, 3.8) is 0 Å². The lowest BCUT2D eigenvalue weighted by Crippen LogP contribution is -2.48. The zero-order valence-corrected chi connectivity index (χ0v) is 12.7. The van der Waals surface area contributed by atoms with Crippen molar-refractivity contribution in [2.24, 2.45) is 0 Å². The summed E-state index contributed by atoms with van der Waals surface area (Å²) in [6.07, 6.45) is 2.17. The summed E-state index contributed by atoms with van der Waals surface area (Å²) in [4.78, 5) is 25.3. The van der Waals surface area contributed by atoms with E-state index in [0.29, 0.717) is 28.8 Å². The molecule has 0 bridgehead atoms. The van der Waals surface area contributed by atoms with Crippen LogP contribution in [0.1, 0.15) is 29.6 Å². The number of carbonyl (C=O) groups excluding carboxylic acids is 1. The lowest BCUT2D eigenvalue weighted by molar-refractivity contribution is -0.143. The third-order valence-corrected chi connectivity index (χ3v) is 4.14. The SMILES string of the molecule is COc1ccc(Br)c(C(=O)N2CCCCC2C(=O)O)c1. The van der Waals surface area contributed by atoms with Gasteiger partial charge in [-0.25, -0.2) is 4.79 Å². The van der Waals surface area contributed by atoms with Crippen molar-refractivity contribution in [3.05, 3.63) is 28.2 Å². The Morgan fingerprint density at radius 2 is 2.15 bits per heavy atom. The van der Waals surface area contributed by atoms with E-state index >= 15 is 0 Å². The molecule has 1 atom stereocenters. The van der Waals surface area contributed by atoms with Gasteiger partial charge in [-0.05, 0) is 53.4 Å². The Morgan fingerprint density at radius 1 is 1.40 bits per heavy atom. The number of piperidine rings is 1. The number of carboxylic acid groups (broad SMARTS) is 1. The number of benzene rings is 1. The molecule has 1 N–H and O–H groups in total. The summed E-state index contributed by atoms with van der Waals surface area (Å²) in [5.74, 6) is -0.652. The van der Waals surface area contributed by atoms with Crippen LogP contribution < -0.4 is 4.74 Å². The summed E-state index contributed by atoms with van der Waals surface area (Å²) < 4.78 is 5.75. The Balaban J connectivity index is 2.31. The first-order chi connectivity index (χ1) is 9.54. The second kappa shape index (κ2) is 6.26. The first kappa shape index (κ1) is 14.8. The summed E-state index contributed by atoms with van der Waals surface area (Å²) >= 11 is 3.33. The number of hydrogen-bond acceptors (Lipinski definition) is 3. The molecule has 0 radical (unpaired) electrons. The second-order valence-corrected chi connectivity index (χ2v) is 5.55. The molecule has 20 heavy (non-hydrogen) atoms. The standard InChI is InChI=1S/C14H16BrNO4/c1-20-9-5-6-11(15)10(8-9)13(17)16-7-3-2-4-12(16)14(18)19/h5-6,8,12H,2-4,7H2,1H3,(H,18,19). The molecule has 1 saturated heterocycles. The van der Waals surface area contributed by atoms with Crippen LogP contribution in [0.2, 0.25) is 0 Å². The third kappa shape index (κ3) is 2.95. The van der Waals surface area contributed by atoms with Gasteiger partial charge in [-0.1, -0.05) is 0 Å². The molecular formula is C14H16BrNO4. The number of rotatable bonds is 3. The van der Waals surface area contributed by atoms with E-state index in [0.717, 1.165) is 12.8 Å². The topological polar surface area (TPSA) is 66.8 Å². The van der Waals surface area contributed by atoms with E-state index in [-0.39, 0.29) is 5.91 Å². The van der Waals surface area contributed by atoms with Crippen LogP contribution in [0.15, 0.2) is 22.7 Å². The number of ether oxygens (including phenoxy) is 1. The number of carbonyl (C=O) groups is 2. The lowest BCUT2D eigenvalue weighted by atomic mass is 10.0. The largest absolute Gasteiger partial charge is 0.497 e. The predicted molar refractivity (Wildman–Crippen MR) is 77.0 cm³/mol. The molecule has 108 valence electrons. The normalized spacial score (nSPS) is 18.7. The second-order valence-electron chi connectivity index (χ2n) is 4.69. The van der Waals surface area contributed by atoms with Crippen molar-refractivity contribution in [3.8, 4) is 5.75 Å². The molecular weight excluding hydrogens is 326 g/mol. The summed E-state index contributed by atoms with van der Waals surface area (Å²) in [6, 6.07) is 4.35. The Morgan fingerprint density at radius 3 is 2.80 bits per heavy atom. The van der Waals surface area contributed by atoms with Gasteiger partial charge in [0.1, 0.15) is 11.8 Å². The number of halogens is 1. The van der Waals surface area contributed by atoms with Crippen LogP contribution in [0.5, 0.6) is 5.75 Å². The van der Waals surface area contributed by atoms with E-state index in [2.05, 4.69) is 15.9 Å². The van der Waals surface area contributed by atoms with Gasteiger partial charge in [0.05, 0.1) is 12.7 Å². The quantitative estimate of drug-likeness (QED) is 0.917. The monoisotopic (exact) mass is 341 g/mol. The number of hydrogen-bond donors (Lipinski definition) is 1. The number of aliphatic carboxylic acids is 1. The fraction of sp³-hybridized carbons (Fsp3) is 0.429. The molecule has 0 aromatic heterocycles. The molecule has 1 aliphatic rings. The fourth-order valence-corrected chi connectivity index (χ4v) is 2.80. The van der Waals surface area contributed by atoms with Gasteiger partial charge >= 0.3 is 5.97 Å². The molecule has 0 aliphatic carbocycles. The zero-order valence-electron chi connectivity index (χ0n) is 11.1. The number of methoxy groups -OCH3 is 1. The van der Waals surface area contributed by atoms with Gasteiger partial charge < -0.3 is 14.7 Å². The number of nitrogens with zero attached hydrogens (tertiary/aromatic N) is 1. The molecule has 5 nitrogen and oxygen atoms in total. The van der Waals surface area contributed by atoms with Gasteiger partial charge in [-0.3, -0.25) is 4.79 Å². The van der Waals surface area contributed by atoms with Crippen LogP contribution in [-0.4, -0.2) is 41.6 Å². The van der Waals surface area contributed by atoms with Crippen molar-refractivity contribution >= 4 is 27.8 Å². The number of amides is 1. The van der Waals surface area contributed by atoms with Crippen LogP contribution in [0.25, 0.3) is 0 Å². The van der Waals surface area contributed by atoms with Crippen LogP contribution >= 0.6 is 15.9 Å². The Labute approximate surface area is 125 Å². The first-order valence-corrected chi connectivity index (χ1v) is 7.21. The summed E-state index contributed by atoms with van der Waals surface area (Å²) in [7, 11) is 1.53. The van der Waals surface area contributed by atoms with Crippen LogP contribution in [-0.2, 0) is 4.79 Å². The van der Waals surface area contributed by atoms with Gasteiger partial charge in [-0.2, -0.15) is 0 Å². The summed E-state index contributed by atoms with van der Waals surface area (Å²) in [5.41, 5.74) is 0.428. The zero-order chi connectivity index (χ0) is 14.7. The minimum absolute atomic E-state index is 0.275. The van der Waals surface area contributed by atoms with Crippen LogP contribution in [0.3, 0.4) is 0 Å². The molecule has 1 amide bonds. The van der Waals surface area contributed by atoms with E-state index in [4.69, 9.17) is 4.74 Å². The van der Waals surface area contributed by atoms with Gasteiger partial charge in [-0.15, -0.1) is 0 Å². The maximum Gasteiger partial charge on any atom is 0.326 e. The van der Waals surface area contributed by atoms with Gasteiger partial charge in [0.15, 0.2) is 0 Å². The molecule has 0 spiro atoms.